The summed E-state index contributed by atoms with van der Waals surface area (Å²) in [7, 11) is 0. The van der Waals surface area contributed by atoms with Crippen LogP contribution in [0.5, 0.6) is 0 Å². The molecule has 3 aromatic rings. The van der Waals surface area contributed by atoms with Crippen LogP contribution in [-0.2, 0) is 11.2 Å². The van der Waals surface area contributed by atoms with Gasteiger partial charge in [-0.3, -0.25) is 4.79 Å². The summed E-state index contributed by atoms with van der Waals surface area (Å²) in [5.41, 5.74) is 5.22. The second kappa shape index (κ2) is 7.15. The molecule has 0 spiro atoms. The van der Waals surface area contributed by atoms with Gasteiger partial charge in [0.2, 0.25) is 5.91 Å². The normalized spacial score (nSPS) is 12.3. The van der Waals surface area contributed by atoms with Crippen molar-refractivity contribution in [3.63, 3.8) is 0 Å². The summed E-state index contributed by atoms with van der Waals surface area (Å²) in [4.78, 5) is 23.8. The third-order valence-corrected chi connectivity index (χ3v) is 4.59. The van der Waals surface area contributed by atoms with Crippen molar-refractivity contribution in [2.24, 2.45) is 0 Å². The first-order chi connectivity index (χ1) is 13.5. The SMILES string of the molecule is Cc1ccc(F)c(NC(=O)Nc2ccc(-c3cccc4c3NC(=O)C4)cc2)c1. The van der Waals surface area contributed by atoms with Gasteiger partial charge in [-0.05, 0) is 47.9 Å². The topological polar surface area (TPSA) is 70.2 Å². The second-order valence-electron chi connectivity index (χ2n) is 6.70. The number of carbonyl (C=O) groups excluding carboxylic acids is 2. The Morgan fingerprint density at radius 3 is 2.61 bits per heavy atom. The third-order valence-electron chi connectivity index (χ3n) is 4.59. The Kier molecular flexibility index (Phi) is 4.53. The highest BCUT2D eigenvalue weighted by Gasteiger charge is 2.20. The first kappa shape index (κ1) is 17.7. The summed E-state index contributed by atoms with van der Waals surface area (Å²) in [6, 6.07) is 17.1. The number of halogens is 1. The molecule has 0 fully saturated rings. The van der Waals surface area contributed by atoms with E-state index in [1.165, 1.54) is 6.07 Å². The molecule has 3 aromatic carbocycles. The average Bonchev–Trinajstić information content (AvgIpc) is 3.05. The summed E-state index contributed by atoms with van der Waals surface area (Å²) in [5, 5.41) is 8.10. The Balaban J connectivity index is 1.49. The van der Waals surface area contributed by atoms with Crippen LogP contribution in [0.15, 0.2) is 60.7 Å². The second-order valence-corrected chi connectivity index (χ2v) is 6.70. The molecule has 1 aliphatic heterocycles. The van der Waals surface area contributed by atoms with E-state index < -0.39 is 11.8 Å². The molecule has 1 heterocycles. The van der Waals surface area contributed by atoms with E-state index in [0.29, 0.717) is 12.1 Å². The van der Waals surface area contributed by atoms with Crippen molar-refractivity contribution in [3.05, 3.63) is 77.6 Å². The summed E-state index contributed by atoms with van der Waals surface area (Å²) in [6.07, 6.45) is 0.387. The van der Waals surface area contributed by atoms with Gasteiger partial charge in [-0.1, -0.05) is 36.4 Å². The number of anilines is 3. The quantitative estimate of drug-likeness (QED) is 0.607. The molecule has 0 aliphatic carbocycles. The zero-order valence-corrected chi connectivity index (χ0v) is 15.2. The molecule has 0 atom stereocenters. The lowest BCUT2D eigenvalue weighted by atomic mass is 10.0. The maximum atomic E-state index is 13.8. The molecule has 1 aliphatic rings. The molecule has 0 aromatic heterocycles. The molecule has 3 amide bonds. The standard InChI is InChI=1S/C22H18FN3O2/c1-13-5-10-18(23)19(11-13)25-22(28)24-16-8-6-14(7-9-16)17-4-2-3-15-12-20(27)26-21(15)17/h2-11H,12H2,1H3,(H,26,27)(H2,24,25,28). The van der Waals surface area contributed by atoms with Crippen molar-refractivity contribution in [1.29, 1.82) is 0 Å². The van der Waals surface area contributed by atoms with Crippen LogP contribution in [0.2, 0.25) is 0 Å². The van der Waals surface area contributed by atoms with Crippen LogP contribution in [0.25, 0.3) is 11.1 Å². The van der Waals surface area contributed by atoms with Gasteiger partial charge in [0.1, 0.15) is 5.82 Å². The zero-order valence-electron chi connectivity index (χ0n) is 15.2. The smallest absolute Gasteiger partial charge is 0.323 e. The van der Waals surface area contributed by atoms with Gasteiger partial charge >= 0.3 is 6.03 Å². The van der Waals surface area contributed by atoms with Crippen molar-refractivity contribution < 1.29 is 14.0 Å². The molecule has 28 heavy (non-hydrogen) atoms. The fourth-order valence-electron chi connectivity index (χ4n) is 3.24. The molecule has 140 valence electrons. The van der Waals surface area contributed by atoms with Crippen molar-refractivity contribution in [2.45, 2.75) is 13.3 Å². The number of hydrogen-bond donors (Lipinski definition) is 3. The third kappa shape index (κ3) is 3.57. The van der Waals surface area contributed by atoms with Gasteiger partial charge in [0.15, 0.2) is 0 Å². The van der Waals surface area contributed by atoms with Gasteiger partial charge in [-0.15, -0.1) is 0 Å². The monoisotopic (exact) mass is 375 g/mol. The number of rotatable bonds is 3. The molecule has 0 bridgehead atoms. The van der Waals surface area contributed by atoms with Gasteiger partial charge < -0.3 is 16.0 Å². The molecular weight excluding hydrogens is 357 g/mol. The highest BCUT2D eigenvalue weighted by Crippen LogP contribution is 2.35. The van der Waals surface area contributed by atoms with Crippen LogP contribution in [0.1, 0.15) is 11.1 Å². The van der Waals surface area contributed by atoms with E-state index in [0.717, 1.165) is 27.9 Å². The fraction of sp³-hybridized carbons (Fsp3) is 0.0909. The first-order valence-corrected chi connectivity index (χ1v) is 8.86. The molecule has 0 saturated heterocycles. The highest BCUT2D eigenvalue weighted by molar-refractivity contribution is 6.04. The maximum absolute atomic E-state index is 13.8. The molecule has 5 nitrogen and oxygen atoms in total. The van der Waals surface area contributed by atoms with E-state index in [2.05, 4.69) is 16.0 Å². The van der Waals surface area contributed by atoms with Crippen LogP contribution in [0.4, 0.5) is 26.2 Å². The van der Waals surface area contributed by atoms with Crippen molar-refractivity contribution in [1.82, 2.24) is 0 Å². The average molecular weight is 375 g/mol. The van der Waals surface area contributed by atoms with Crippen molar-refractivity contribution >= 4 is 29.0 Å². The Bertz CT molecular complexity index is 1080. The molecular formula is C22H18FN3O2. The van der Waals surface area contributed by atoms with Crippen LogP contribution in [0, 0.1) is 12.7 Å². The summed E-state index contributed by atoms with van der Waals surface area (Å²) in [6.45, 7) is 1.82. The van der Waals surface area contributed by atoms with Crippen LogP contribution in [0.3, 0.4) is 0 Å². The summed E-state index contributed by atoms with van der Waals surface area (Å²) < 4.78 is 13.8. The van der Waals surface area contributed by atoms with Gasteiger partial charge in [0.05, 0.1) is 17.8 Å². The van der Waals surface area contributed by atoms with E-state index in [4.69, 9.17) is 0 Å². The summed E-state index contributed by atoms with van der Waals surface area (Å²) >= 11 is 0. The lowest BCUT2D eigenvalue weighted by Gasteiger charge is -2.11. The van der Waals surface area contributed by atoms with Gasteiger partial charge in [0.25, 0.3) is 0 Å². The number of benzene rings is 3. The summed E-state index contributed by atoms with van der Waals surface area (Å²) in [5.74, 6) is -0.503. The van der Waals surface area contributed by atoms with E-state index in [1.54, 1.807) is 24.3 Å². The van der Waals surface area contributed by atoms with Crippen LogP contribution >= 0.6 is 0 Å². The number of aryl methyl sites for hydroxylation is 1. The largest absolute Gasteiger partial charge is 0.325 e. The van der Waals surface area contributed by atoms with Crippen LogP contribution < -0.4 is 16.0 Å². The minimum atomic E-state index is -0.523. The maximum Gasteiger partial charge on any atom is 0.323 e. The lowest BCUT2D eigenvalue weighted by Crippen LogP contribution is -2.20. The zero-order chi connectivity index (χ0) is 19.7. The van der Waals surface area contributed by atoms with E-state index in [-0.39, 0.29) is 11.6 Å². The van der Waals surface area contributed by atoms with Crippen LogP contribution in [-0.4, -0.2) is 11.9 Å². The highest BCUT2D eigenvalue weighted by atomic mass is 19.1. The van der Waals surface area contributed by atoms with E-state index in [9.17, 15) is 14.0 Å². The van der Waals surface area contributed by atoms with Crippen molar-refractivity contribution in [2.75, 3.05) is 16.0 Å². The van der Waals surface area contributed by atoms with Gasteiger partial charge in [-0.25, -0.2) is 9.18 Å². The number of hydrogen-bond acceptors (Lipinski definition) is 2. The fourth-order valence-corrected chi connectivity index (χ4v) is 3.24. The number of carbonyl (C=O) groups is 2. The first-order valence-electron chi connectivity index (χ1n) is 8.86. The van der Waals surface area contributed by atoms with Gasteiger partial charge in [-0.2, -0.15) is 0 Å². The predicted octanol–water partition coefficient (Wildman–Crippen LogP) is 4.94. The number of para-hydroxylation sites is 1. The molecule has 0 unspecified atom stereocenters. The Morgan fingerprint density at radius 1 is 1.04 bits per heavy atom. The molecule has 0 radical (unpaired) electrons. The number of amides is 3. The van der Waals surface area contributed by atoms with E-state index in [1.807, 2.05) is 37.3 Å². The Hall–Kier alpha value is -3.67. The Morgan fingerprint density at radius 2 is 1.82 bits per heavy atom. The van der Waals surface area contributed by atoms with E-state index >= 15 is 0 Å². The molecule has 4 rings (SSSR count). The minimum absolute atomic E-state index is 0.0132. The van der Waals surface area contributed by atoms with Crippen molar-refractivity contribution in [3.8, 4) is 11.1 Å². The number of fused-ring (bicyclic) bond motifs is 1. The molecule has 6 heteroatoms. The van der Waals surface area contributed by atoms with Gasteiger partial charge in [0, 0.05) is 11.3 Å². The lowest BCUT2D eigenvalue weighted by molar-refractivity contribution is -0.115. The molecule has 3 N–H and O–H groups in total. The predicted molar refractivity (Wildman–Crippen MR) is 108 cm³/mol. The minimum Gasteiger partial charge on any atom is -0.325 e. The Labute approximate surface area is 161 Å². The number of urea groups is 1. The molecule has 0 saturated carbocycles. The number of nitrogens with one attached hydrogen (secondary N) is 3.